The summed E-state index contributed by atoms with van der Waals surface area (Å²) in [5, 5.41) is 0. The number of hydrogen-bond acceptors (Lipinski definition) is 3. The highest BCUT2D eigenvalue weighted by Gasteiger charge is 2.40. The number of rotatable bonds is 9. The van der Waals surface area contributed by atoms with Crippen LogP contribution in [0.3, 0.4) is 0 Å². The normalized spacial score (nSPS) is 20.7. The first kappa shape index (κ1) is 17.1. The molecule has 1 saturated heterocycles. The molecule has 4 nitrogen and oxygen atoms in total. The van der Waals surface area contributed by atoms with Crippen LogP contribution in [0.1, 0.15) is 39.5 Å². The number of likely N-dealkylation sites (tertiary alicyclic amines) is 1. The molecule has 0 amide bonds. The van der Waals surface area contributed by atoms with Crippen molar-refractivity contribution in [1.29, 1.82) is 0 Å². The second-order valence-electron chi connectivity index (χ2n) is 5.75. The number of quaternary nitrogens is 1. The molecule has 0 bridgehead atoms. The summed E-state index contributed by atoms with van der Waals surface area (Å²) in [6, 6.07) is 1.69. The molecule has 1 aliphatic rings. The molecule has 0 aliphatic carbocycles. The molecule has 0 radical (unpaired) electrons. The summed E-state index contributed by atoms with van der Waals surface area (Å²) in [6.07, 6.45) is 5.16. The van der Waals surface area contributed by atoms with Crippen molar-refractivity contribution in [3.05, 3.63) is 0 Å². The molecule has 19 heavy (non-hydrogen) atoms. The predicted octanol–water partition coefficient (Wildman–Crippen LogP) is 2.66. The van der Waals surface area contributed by atoms with Gasteiger partial charge >= 0.3 is 8.80 Å². The molecule has 0 aromatic carbocycles. The zero-order valence-corrected chi connectivity index (χ0v) is 14.4. The fourth-order valence-corrected chi connectivity index (χ4v) is 5.11. The molecular weight excluding hydrogens is 258 g/mol. The van der Waals surface area contributed by atoms with Crippen LogP contribution in [-0.4, -0.2) is 60.3 Å². The van der Waals surface area contributed by atoms with Crippen LogP contribution in [0.2, 0.25) is 6.04 Å². The Morgan fingerprint density at radius 3 is 2.00 bits per heavy atom. The van der Waals surface area contributed by atoms with Gasteiger partial charge in [0.25, 0.3) is 0 Å². The fourth-order valence-electron chi connectivity index (χ4n) is 3.40. The molecule has 1 aliphatic heterocycles. The van der Waals surface area contributed by atoms with E-state index in [1.165, 1.54) is 43.4 Å². The molecule has 0 N–H and O–H groups in total. The lowest BCUT2D eigenvalue weighted by atomic mass is 10.1. The van der Waals surface area contributed by atoms with Crippen LogP contribution >= 0.6 is 0 Å². The lowest BCUT2D eigenvalue weighted by Crippen LogP contribution is -2.53. The van der Waals surface area contributed by atoms with Crippen molar-refractivity contribution in [2.24, 2.45) is 0 Å². The van der Waals surface area contributed by atoms with Crippen LogP contribution in [0.4, 0.5) is 0 Å². The zero-order chi connectivity index (χ0) is 14.4. The van der Waals surface area contributed by atoms with Gasteiger partial charge in [0.2, 0.25) is 0 Å². The van der Waals surface area contributed by atoms with E-state index in [2.05, 4.69) is 13.8 Å². The first-order chi connectivity index (χ1) is 9.08. The van der Waals surface area contributed by atoms with Crippen LogP contribution in [0.25, 0.3) is 0 Å². The van der Waals surface area contributed by atoms with Gasteiger partial charge in [-0.05, 0) is 13.3 Å². The van der Waals surface area contributed by atoms with E-state index in [-0.39, 0.29) is 0 Å². The van der Waals surface area contributed by atoms with Gasteiger partial charge in [0, 0.05) is 46.6 Å². The van der Waals surface area contributed by atoms with Crippen molar-refractivity contribution in [2.75, 3.05) is 41.0 Å². The minimum absolute atomic E-state index is 0.770. The van der Waals surface area contributed by atoms with Crippen molar-refractivity contribution in [3.63, 3.8) is 0 Å². The third-order valence-electron chi connectivity index (χ3n) is 5.00. The van der Waals surface area contributed by atoms with E-state index in [1.807, 2.05) is 0 Å². The molecule has 1 unspecified atom stereocenters. The fraction of sp³-hybridized carbons (Fsp3) is 1.00. The average molecular weight is 291 g/mol. The largest absolute Gasteiger partial charge is 0.500 e. The highest BCUT2D eigenvalue weighted by atomic mass is 28.4. The van der Waals surface area contributed by atoms with Crippen LogP contribution in [0.5, 0.6) is 0 Å². The maximum atomic E-state index is 5.51. The highest BCUT2D eigenvalue weighted by Crippen LogP contribution is 2.27. The summed E-state index contributed by atoms with van der Waals surface area (Å²) in [4.78, 5) is 0. The third kappa shape index (κ3) is 4.01. The minimum Gasteiger partial charge on any atom is -0.377 e. The van der Waals surface area contributed by atoms with Gasteiger partial charge in [-0.1, -0.05) is 6.92 Å². The molecule has 1 atom stereocenters. The Balaban J connectivity index is 2.53. The summed E-state index contributed by atoms with van der Waals surface area (Å²) in [6.45, 7) is 8.63. The van der Waals surface area contributed by atoms with Crippen LogP contribution in [0.15, 0.2) is 0 Å². The van der Waals surface area contributed by atoms with Crippen molar-refractivity contribution in [1.82, 2.24) is 0 Å². The maximum Gasteiger partial charge on any atom is 0.500 e. The summed E-state index contributed by atoms with van der Waals surface area (Å²) in [7, 11) is 2.73. The standard InChI is InChI=1S/C14H32NO3Si/c1-6-14(2)15(10-7-8-11-15)12-9-13-19(16-3,17-4)18-5/h14H,6-13H2,1-5H3/q+1. The van der Waals surface area contributed by atoms with E-state index in [9.17, 15) is 0 Å². The molecular formula is C14H32NO3Si+. The Bertz CT molecular complexity index is 245. The number of hydrogen-bond donors (Lipinski definition) is 0. The summed E-state index contributed by atoms with van der Waals surface area (Å²) < 4.78 is 17.8. The Morgan fingerprint density at radius 1 is 1.05 bits per heavy atom. The topological polar surface area (TPSA) is 27.7 Å². The van der Waals surface area contributed by atoms with Crippen molar-refractivity contribution < 1.29 is 17.8 Å². The van der Waals surface area contributed by atoms with Gasteiger partial charge in [-0.2, -0.15) is 0 Å². The highest BCUT2D eigenvalue weighted by molar-refractivity contribution is 6.60. The van der Waals surface area contributed by atoms with Crippen molar-refractivity contribution in [2.45, 2.75) is 51.6 Å². The maximum absolute atomic E-state index is 5.51. The van der Waals surface area contributed by atoms with Gasteiger partial charge in [0.15, 0.2) is 0 Å². The Morgan fingerprint density at radius 2 is 1.58 bits per heavy atom. The van der Waals surface area contributed by atoms with E-state index in [4.69, 9.17) is 13.3 Å². The van der Waals surface area contributed by atoms with Gasteiger partial charge in [0.1, 0.15) is 0 Å². The first-order valence-electron chi connectivity index (χ1n) is 7.59. The van der Waals surface area contributed by atoms with Crippen molar-refractivity contribution in [3.8, 4) is 0 Å². The van der Waals surface area contributed by atoms with Crippen LogP contribution in [-0.2, 0) is 13.3 Å². The Labute approximate surface area is 120 Å². The monoisotopic (exact) mass is 290 g/mol. The van der Waals surface area contributed by atoms with E-state index in [1.54, 1.807) is 21.3 Å². The molecule has 1 fully saturated rings. The smallest absolute Gasteiger partial charge is 0.377 e. The molecule has 1 rings (SSSR count). The molecule has 5 heteroatoms. The zero-order valence-electron chi connectivity index (χ0n) is 13.4. The van der Waals surface area contributed by atoms with Crippen LogP contribution in [0, 0.1) is 0 Å². The Kier molecular flexibility index (Phi) is 6.97. The molecule has 0 spiro atoms. The third-order valence-corrected chi connectivity index (χ3v) is 7.83. The molecule has 114 valence electrons. The van der Waals surface area contributed by atoms with Crippen LogP contribution < -0.4 is 0 Å². The van der Waals surface area contributed by atoms with Gasteiger partial charge in [-0.15, -0.1) is 0 Å². The van der Waals surface area contributed by atoms with Crippen molar-refractivity contribution >= 4 is 8.80 Å². The molecule has 0 aromatic rings. The lowest BCUT2D eigenvalue weighted by Gasteiger charge is -2.40. The minimum atomic E-state index is -2.38. The summed E-state index contributed by atoms with van der Waals surface area (Å²) >= 11 is 0. The quantitative estimate of drug-likeness (QED) is 0.483. The molecule has 1 heterocycles. The van der Waals surface area contributed by atoms with Gasteiger partial charge in [-0.3, -0.25) is 0 Å². The SMILES string of the molecule is CCC(C)[N+]1(CCC[Si](OC)(OC)OC)CCCC1. The van der Waals surface area contributed by atoms with E-state index < -0.39 is 8.80 Å². The Hall–Kier alpha value is 0.0569. The van der Waals surface area contributed by atoms with E-state index in [0.717, 1.165) is 18.5 Å². The summed E-state index contributed by atoms with van der Waals surface area (Å²) in [5.41, 5.74) is 0. The second kappa shape index (κ2) is 7.74. The predicted molar refractivity (Wildman–Crippen MR) is 80.1 cm³/mol. The molecule has 0 saturated carbocycles. The molecule has 0 aromatic heterocycles. The van der Waals surface area contributed by atoms with Gasteiger partial charge < -0.3 is 17.8 Å². The van der Waals surface area contributed by atoms with E-state index >= 15 is 0 Å². The lowest BCUT2D eigenvalue weighted by molar-refractivity contribution is -0.938. The van der Waals surface area contributed by atoms with E-state index in [0.29, 0.717) is 0 Å². The summed E-state index contributed by atoms with van der Waals surface area (Å²) in [5.74, 6) is 0. The number of nitrogens with zero attached hydrogens (tertiary/aromatic N) is 1. The first-order valence-corrected chi connectivity index (χ1v) is 9.52. The van der Waals surface area contributed by atoms with Gasteiger partial charge in [-0.25, -0.2) is 0 Å². The van der Waals surface area contributed by atoms with Gasteiger partial charge in [0.05, 0.1) is 25.7 Å². The second-order valence-corrected chi connectivity index (χ2v) is 8.84. The average Bonchev–Trinajstić information content (AvgIpc) is 2.93.